The third-order valence-electron chi connectivity index (χ3n) is 4.52. The third-order valence-corrected chi connectivity index (χ3v) is 4.52. The molecule has 1 unspecified atom stereocenters. The average Bonchev–Trinajstić information content (AvgIpc) is 3.11. The standard InChI is InChI=1S/C17H25N3O/c1-12-5-8-16(13(2)19-12)17(21)20(10-14-6-7-14)11-15-4-3-9-18-15/h5,8,14-15,18H,3-4,6-7,9-11H2,1-2H3. The minimum absolute atomic E-state index is 0.153. The Kier molecular flexibility index (Phi) is 4.24. The lowest BCUT2D eigenvalue weighted by molar-refractivity contribution is 0.0732. The van der Waals surface area contributed by atoms with Crippen molar-refractivity contribution in [3.63, 3.8) is 0 Å². The summed E-state index contributed by atoms with van der Waals surface area (Å²) in [5, 5.41) is 3.50. The number of aryl methyl sites for hydroxylation is 2. The highest BCUT2D eigenvalue weighted by Crippen LogP contribution is 2.30. The van der Waals surface area contributed by atoms with Gasteiger partial charge in [0.05, 0.1) is 11.3 Å². The van der Waals surface area contributed by atoms with Crippen LogP contribution in [0.15, 0.2) is 12.1 Å². The number of amides is 1. The van der Waals surface area contributed by atoms with Crippen LogP contribution in [0.4, 0.5) is 0 Å². The number of nitrogens with one attached hydrogen (secondary N) is 1. The average molecular weight is 287 g/mol. The second kappa shape index (κ2) is 6.14. The quantitative estimate of drug-likeness (QED) is 0.904. The van der Waals surface area contributed by atoms with Gasteiger partial charge in [-0.2, -0.15) is 0 Å². The first-order valence-corrected chi connectivity index (χ1v) is 8.10. The van der Waals surface area contributed by atoms with Crippen LogP contribution < -0.4 is 5.32 Å². The smallest absolute Gasteiger partial charge is 0.255 e. The molecule has 2 heterocycles. The molecule has 1 aromatic rings. The summed E-state index contributed by atoms with van der Waals surface area (Å²) in [6, 6.07) is 4.33. The zero-order valence-corrected chi connectivity index (χ0v) is 13.1. The van der Waals surface area contributed by atoms with Crippen molar-refractivity contribution in [2.24, 2.45) is 5.92 Å². The van der Waals surface area contributed by atoms with Crippen LogP contribution in [0.5, 0.6) is 0 Å². The van der Waals surface area contributed by atoms with Gasteiger partial charge in [0.1, 0.15) is 0 Å². The van der Waals surface area contributed by atoms with E-state index in [9.17, 15) is 4.79 Å². The summed E-state index contributed by atoms with van der Waals surface area (Å²) >= 11 is 0. The SMILES string of the molecule is Cc1ccc(C(=O)N(CC2CC2)CC2CCCN2)c(C)n1. The van der Waals surface area contributed by atoms with Crippen molar-refractivity contribution in [1.29, 1.82) is 0 Å². The number of carbonyl (C=O) groups excluding carboxylic acids is 1. The van der Waals surface area contributed by atoms with E-state index in [1.54, 1.807) is 0 Å². The molecule has 1 aliphatic carbocycles. The fourth-order valence-electron chi connectivity index (χ4n) is 3.11. The van der Waals surface area contributed by atoms with E-state index >= 15 is 0 Å². The van der Waals surface area contributed by atoms with Gasteiger partial charge in [-0.3, -0.25) is 9.78 Å². The fourth-order valence-corrected chi connectivity index (χ4v) is 3.11. The molecular formula is C17H25N3O. The van der Waals surface area contributed by atoms with Crippen LogP contribution in [0.2, 0.25) is 0 Å². The first kappa shape index (κ1) is 14.5. The van der Waals surface area contributed by atoms with Gasteiger partial charge < -0.3 is 10.2 Å². The van der Waals surface area contributed by atoms with Crippen LogP contribution in [-0.4, -0.2) is 41.5 Å². The van der Waals surface area contributed by atoms with E-state index in [1.807, 2.05) is 26.0 Å². The number of rotatable bonds is 5. The van der Waals surface area contributed by atoms with Crippen molar-refractivity contribution < 1.29 is 4.79 Å². The first-order valence-electron chi connectivity index (χ1n) is 8.10. The molecule has 2 fully saturated rings. The van der Waals surface area contributed by atoms with Gasteiger partial charge in [-0.1, -0.05) is 0 Å². The van der Waals surface area contributed by atoms with Crippen LogP contribution in [0.3, 0.4) is 0 Å². The van der Waals surface area contributed by atoms with Crippen molar-refractivity contribution in [3.05, 3.63) is 29.1 Å². The minimum atomic E-state index is 0.153. The monoisotopic (exact) mass is 287 g/mol. The van der Waals surface area contributed by atoms with Gasteiger partial charge in [0.15, 0.2) is 0 Å². The Balaban J connectivity index is 1.75. The zero-order chi connectivity index (χ0) is 14.8. The van der Waals surface area contributed by atoms with Gasteiger partial charge in [0.2, 0.25) is 0 Å². The largest absolute Gasteiger partial charge is 0.337 e. The Morgan fingerprint density at radius 1 is 1.29 bits per heavy atom. The summed E-state index contributed by atoms with van der Waals surface area (Å²) in [4.78, 5) is 19.4. The molecule has 1 atom stereocenters. The predicted molar refractivity (Wildman–Crippen MR) is 83.4 cm³/mol. The van der Waals surface area contributed by atoms with E-state index in [2.05, 4.69) is 15.2 Å². The number of pyridine rings is 1. The van der Waals surface area contributed by atoms with Crippen molar-refractivity contribution in [2.45, 2.75) is 45.6 Å². The van der Waals surface area contributed by atoms with Crippen molar-refractivity contribution >= 4 is 5.91 Å². The van der Waals surface area contributed by atoms with E-state index in [-0.39, 0.29) is 5.91 Å². The van der Waals surface area contributed by atoms with Crippen LogP contribution in [0, 0.1) is 19.8 Å². The highest BCUT2D eigenvalue weighted by atomic mass is 16.2. The zero-order valence-electron chi connectivity index (χ0n) is 13.1. The van der Waals surface area contributed by atoms with Crippen LogP contribution in [0.25, 0.3) is 0 Å². The Morgan fingerprint density at radius 2 is 2.10 bits per heavy atom. The van der Waals surface area contributed by atoms with Gasteiger partial charge in [0.25, 0.3) is 5.91 Å². The fraction of sp³-hybridized carbons (Fsp3) is 0.647. The van der Waals surface area contributed by atoms with Crippen LogP contribution in [0.1, 0.15) is 47.4 Å². The summed E-state index contributed by atoms with van der Waals surface area (Å²) in [5.41, 5.74) is 2.58. The molecular weight excluding hydrogens is 262 g/mol. The summed E-state index contributed by atoms with van der Waals surface area (Å²) in [5.74, 6) is 0.870. The van der Waals surface area contributed by atoms with Crippen LogP contribution >= 0.6 is 0 Å². The molecule has 2 aliphatic rings. The molecule has 0 bridgehead atoms. The van der Waals surface area contributed by atoms with Gasteiger partial charge >= 0.3 is 0 Å². The molecule has 4 nitrogen and oxygen atoms in total. The lowest BCUT2D eigenvalue weighted by atomic mass is 10.1. The molecule has 3 rings (SSSR count). The highest BCUT2D eigenvalue weighted by molar-refractivity contribution is 5.95. The molecule has 1 aliphatic heterocycles. The van der Waals surface area contributed by atoms with Gasteiger partial charge in [-0.25, -0.2) is 0 Å². The van der Waals surface area contributed by atoms with Crippen molar-refractivity contribution in [1.82, 2.24) is 15.2 Å². The predicted octanol–water partition coefficient (Wildman–Crippen LogP) is 2.30. The van der Waals surface area contributed by atoms with Crippen molar-refractivity contribution in [2.75, 3.05) is 19.6 Å². The maximum Gasteiger partial charge on any atom is 0.255 e. The molecule has 1 saturated heterocycles. The van der Waals surface area contributed by atoms with E-state index in [1.165, 1.54) is 25.7 Å². The molecule has 4 heteroatoms. The first-order chi connectivity index (χ1) is 10.1. The van der Waals surface area contributed by atoms with E-state index in [0.717, 1.165) is 36.6 Å². The second-order valence-corrected chi connectivity index (χ2v) is 6.53. The number of hydrogen-bond acceptors (Lipinski definition) is 3. The number of nitrogens with zero attached hydrogens (tertiary/aromatic N) is 2. The Hall–Kier alpha value is -1.42. The minimum Gasteiger partial charge on any atom is -0.337 e. The molecule has 1 N–H and O–H groups in total. The third kappa shape index (κ3) is 3.62. The van der Waals surface area contributed by atoms with Crippen molar-refractivity contribution in [3.8, 4) is 0 Å². The molecule has 0 radical (unpaired) electrons. The topological polar surface area (TPSA) is 45.2 Å². The molecule has 21 heavy (non-hydrogen) atoms. The van der Waals surface area contributed by atoms with Gasteiger partial charge in [-0.15, -0.1) is 0 Å². The molecule has 114 valence electrons. The maximum absolute atomic E-state index is 12.9. The van der Waals surface area contributed by atoms with E-state index in [4.69, 9.17) is 0 Å². The molecule has 1 amide bonds. The lowest BCUT2D eigenvalue weighted by Gasteiger charge is -2.26. The highest BCUT2D eigenvalue weighted by Gasteiger charge is 2.30. The van der Waals surface area contributed by atoms with Gasteiger partial charge in [-0.05, 0) is 64.1 Å². The molecule has 0 spiro atoms. The summed E-state index contributed by atoms with van der Waals surface area (Å²) in [6.45, 7) is 6.73. The Labute approximate surface area is 126 Å². The van der Waals surface area contributed by atoms with E-state index in [0.29, 0.717) is 12.0 Å². The maximum atomic E-state index is 12.9. The van der Waals surface area contributed by atoms with Gasteiger partial charge in [0, 0.05) is 24.8 Å². The normalized spacial score (nSPS) is 21.5. The number of carbonyl (C=O) groups is 1. The Bertz CT molecular complexity index is 519. The summed E-state index contributed by atoms with van der Waals surface area (Å²) < 4.78 is 0. The van der Waals surface area contributed by atoms with Crippen LogP contribution in [-0.2, 0) is 0 Å². The Morgan fingerprint density at radius 3 is 2.71 bits per heavy atom. The summed E-state index contributed by atoms with van der Waals surface area (Å²) in [6.07, 6.45) is 4.95. The lowest BCUT2D eigenvalue weighted by Crippen LogP contribution is -2.42. The number of hydrogen-bond donors (Lipinski definition) is 1. The van der Waals surface area contributed by atoms with E-state index < -0.39 is 0 Å². The number of aromatic nitrogens is 1. The summed E-state index contributed by atoms with van der Waals surface area (Å²) in [7, 11) is 0. The second-order valence-electron chi connectivity index (χ2n) is 6.53. The molecule has 1 saturated carbocycles. The molecule has 1 aromatic heterocycles. The molecule has 0 aromatic carbocycles.